The summed E-state index contributed by atoms with van der Waals surface area (Å²) in [6, 6.07) is 147. The molecule has 2 heteroatoms. The fourth-order valence-corrected chi connectivity index (χ4v) is 24.2. The molecule has 118 heavy (non-hydrogen) atoms. The second-order valence-electron chi connectivity index (χ2n) is 30.6. The van der Waals surface area contributed by atoms with Gasteiger partial charge in [0.1, 0.15) is 0 Å². The van der Waals surface area contributed by atoms with Crippen LogP contribution >= 0.6 is 0 Å². The van der Waals surface area contributed by atoms with Gasteiger partial charge in [0.05, 0.1) is 0 Å². The Balaban J connectivity index is 0.000000143. The van der Waals surface area contributed by atoms with Crippen LogP contribution in [-0.2, 0) is 0 Å². The van der Waals surface area contributed by atoms with Crippen molar-refractivity contribution in [2.24, 2.45) is 0 Å². The molecule has 0 atom stereocenters. The summed E-state index contributed by atoms with van der Waals surface area (Å²) in [5.74, 6) is 0. The first-order valence-electron chi connectivity index (χ1n) is 42.8. The second-order valence-corrected chi connectivity index (χ2v) is 35.0. The minimum atomic E-state index is -0.389. The zero-order valence-electron chi connectivity index (χ0n) is 69.0. The molecule has 0 N–H and O–H groups in total. The molecule has 0 aliphatic rings. The third-order valence-electron chi connectivity index (χ3n) is 24.1. The zero-order chi connectivity index (χ0) is 82.1. The van der Waals surface area contributed by atoms with Gasteiger partial charge in [-0.15, -0.1) is 0 Å². The van der Waals surface area contributed by atoms with E-state index >= 15 is 0 Å². The van der Waals surface area contributed by atoms with Gasteiger partial charge in [0.25, 0.3) is 0 Å². The van der Waals surface area contributed by atoms with Gasteiger partial charge in [-0.05, 0) is 0 Å². The Morgan fingerprint density at radius 3 is 0.686 bits per heavy atom. The molecule has 548 valence electrons. The molecule has 0 unspecified atom stereocenters. The molecule has 0 spiro atoms. The van der Waals surface area contributed by atoms with Crippen molar-refractivity contribution in [2.45, 2.75) is 0 Å². The Morgan fingerprint density at radius 2 is 0.381 bits per heavy atom. The van der Waals surface area contributed by atoms with Crippen LogP contribution in [0.2, 0.25) is 0 Å². The van der Waals surface area contributed by atoms with Gasteiger partial charge >= 0.3 is 696 Å². The average Bonchev–Trinajstić information content (AvgIpc) is 1.72. The van der Waals surface area contributed by atoms with Crippen molar-refractivity contribution in [1.29, 1.82) is 0 Å². The van der Waals surface area contributed by atoms with Gasteiger partial charge in [0.15, 0.2) is 0 Å². The maximum atomic E-state index is 8.96. The Bertz CT molecular complexity index is 8170. The number of fused-ring (bicyclic) bond motifs is 14. The molecule has 2 aromatic heterocycles. The van der Waals surface area contributed by atoms with Crippen LogP contribution in [0.5, 0.6) is 0 Å². The van der Waals surface area contributed by atoms with E-state index in [4.69, 9.17) is 6.85 Å². The standard InChI is InChI=1S/C64H40Se.C52H32Se/c1-4-19-41(20-5-1)45-37-46(42-21-6-2-7-22-42)39-47(38-45)62-52-29-14-16-31-54(52)63(55-32-17-15-30-53(55)62)57-34-18-33-56-58-40-44(35-36-59(58)65-64(56)57)61-50-27-12-10-25-48(50)60(43-23-8-3-9-24-43)49-26-11-13-28-51(49)61;1-3-16-33(17-4-1)48-36-20-7-9-22-38(36)50(39-23-10-8-21-37(39)48)35-30-31-47-46(32-35)44-28-15-29-45(52(44)53-47)51-42-26-13-11-24-40(42)49(34-18-5-2-6-19-34)41-25-12-14-27-43(41)51/h1-40H;1-32H/i;2D,5D,6D,18D,19D. The summed E-state index contributed by atoms with van der Waals surface area (Å²) in [5, 5.41) is 24.1. The van der Waals surface area contributed by atoms with Crippen LogP contribution in [0.25, 0.3) is 236 Å². The number of benzene rings is 22. The normalized spacial score (nSPS) is 12.3. The van der Waals surface area contributed by atoms with Gasteiger partial charge < -0.3 is 0 Å². The van der Waals surface area contributed by atoms with E-state index in [1.54, 1.807) is 0 Å². The molecule has 0 nitrogen and oxygen atoms in total. The summed E-state index contributed by atoms with van der Waals surface area (Å²) < 4.78 is 48.8. The molecule has 0 aliphatic heterocycles. The van der Waals surface area contributed by atoms with Gasteiger partial charge in [0, 0.05) is 0 Å². The topological polar surface area (TPSA) is 0 Å². The van der Waals surface area contributed by atoms with Crippen LogP contribution < -0.4 is 0 Å². The summed E-state index contributed by atoms with van der Waals surface area (Å²) in [6.07, 6.45) is 0. The molecule has 0 amide bonds. The van der Waals surface area contributed by atoms with Gasteiger partial charge in [0.2, 0.25) is 0 Å². The summed E-state index contributed by atoms with van der Waals surface area (Å²) in [7, 11) is 0. The summed E-state index contributed by atoms with van der Waals surface area (Å²) in [5.41, 5.74) is 23.2. The van der Waals surface area contributed by atoms with E-state index in [0.717, 1.165) is 27.1 Å². The third kappa shape index (κ3) is 11.6. The average molecular weight is 1630 g/mol. The number of hydrogen-bond donors (Lipinski definition) is 0. The van der Waals surface area contributed by atoms with Gasteiger partial charge in [-0.25, -0.2) is 0 Å². The number of hydrogen-bond acceptors (Lipinski definition) is 0. The predicted molar refractivity (Wildman–Crippen MR) is 511 cm³/mol. The molecule has 22 aromatic carbocycles. The predicted octanol–water partition coefficient (Wildman–Crippen LogP) is 32.0. The van der Waals surface area contributed by atoms with Crippen molar-refractivity contribution in [2.75, 3.05) is 0 Å². The molecular formula is C116H72Se2. The monoisotopic (exact) mass is 1630 g/mol. The van der Waals surface area contributed by atoms with Crippen molar-refractivity contribution in [3.05, 3.63) is 437 Å². The molecule has 2 heterocycles. The second kappa shape index (κ2) is 29.0. The molecule has 0 bridgehead atoms. The first-order chi connectivity index (χ1) is 60.7. The van der Waals surface area contributed by atoms with Crippen LogP contribution in [0, 0.1) is 0 Å². The summed E-state index contributed by atoms with van der Waals surface area (Å²) >= 11 is 0.144. The quantitative estimate of drug-likeness (QED) is 0.0946. The molecule has 24 rings (SSSR count). The first kappa shape index (κ1) is 64.3. The third-order valence-corrected chi connectivity index (χ3v) is 29.3. The Morgan fingerprint density at radius 1 is 0.144 bits per heavy atom. The fraction of sp³-hybridized carbons (Fsp3) is 0. The minimum absolute atomic E-state index is 0.0227. The summed E-state index contributed by atoms with van der Waals surface area (Å²) in [4.78, 5) is 0. The Labute approximate surface area is 703 Å². The maximum absolute atomic E-state index is 8.96. The van der Waals surface area contributed by atoms with Crippen molar-refractivity contribution in [3.8, 4) is 111 Å². The van der Waals surface area contributed by atoms with Crippen LogP contribution in [-0.4, -0.2) is 29.0 Å². The molecule has 0 saturated heterocycles. The van der Waals surface area contributed by atoms with Crippen LogP contribution in [0.15, 0.2) is 437 Å². The van der Waals surface area contributed by atoms with E-state index in [2.05, 4.69) is 370 Å². The van der Waals surface area contributed by atoms with Crippen LogP contribution in [0.3, 0.4) is 0 Å². The first-order valence-corrected chi connectivity index (χ1v) is 43.7. The van der Waals surface area contributed by atoms with Crippen molar-refractivity contribution in [3.63, 3.8) is 0 Å². The molecule has 0 aliphatic carbocycles. The van der Waals surface area contributed by atoms with Crippen molar-refractivity contribution < 1.29 is 6.85 Å². The molecule has 0 fully saturated rings. The molecule has 0 saturated carbocycles. The van der Waals surface area contributed by atoms with Gasteiger partial charge in [-0.2, -0.15) is 0 Å². The molecule has 0 radical (unpaired) electrons. The van der Waals surface area contributed by atoms with Crippen molar-refractivity contribution >= 4 is 154 Å². The Kier molecular flexibility index (Phi) is 15.8. The van der Waals surface area contributed by atoms with Crippen LogP contribution in [0.4, 0.5) is 0 Å². The molecule has 24 aromatic rings. The zero-order valence-corrected chi connectivity index (χ0v) is 67.4. The van der Waals surface area contributed by atoms with Gasteiger partial charge in [-0.3, -0.25) is 0 Å². The fourth-order valence-electron chi connectivity index (χ4n) is 19.2. The van der Waals surface area contributed by atoms with E-state index in [-0.39, 0.29) is 64.8 Å². The van der Waals surface area contributed by atoms with Crippen LogP contribution in [0.1, 0.15) is 6.85 Å². The molecular weight excluding hydrogens is 1550 g/mol. The Hall–Kier alpha value is -14.0. The van der Waals surface area contributed by atoms with E-state index in [1.165, 1.54) is 198 Å². The van der Waals surface area contributed by atoms with E-state index in [9.17, 15) is 0 Å². The van der Waals surface area contributed by atoms with E-state index < -0.39 is 0 Å². The SMILES string of the molecule is [2H]c1c([2H])c([2H])c(-c2c3ccccc3c(-c3cccc4c3[se]c3ccc(-c5c6ccccc6c(-c6ccccc6)c6ccccc56)cc34)c3ccccc23)c([2H])c1[2H].c1ccc(-c2cc(-c3ccccc3)cc(-c3c4ccccc4c(-c4cccc5c4[se]c4ccc(-c6c7ccccc7c(-c7ccccc7)c7ccccc67)cc45)c4ccccc34)c2)cc1. The van der Waals surface area contributed by atoms with Crippen molar-refractivity contribution in [1.82, 2.24) is 0 Å². The summed E-state index contributed by atoms with van der Waals surface area (Å²) in [6.45, 7) is 0. The van der Waals surface area contributed by atoms with Gasteiger partial charge in [-0.1, -0.05) is 12.1 Å². The number of rotatable bonds is 10. The van der Waals surface area contributed by atoms with E-state index in [1.807, 2.05) is 36.4 Å². The van der Waals surface area contributed by atoms with E-state index in [0.29, 0.717) is 5.56 Å².